The number of aryl methyl sites for hydroxylation is 1. The van der Waals surface area contributed by atoms with Gasteiger partial charge in [0.25, 0.3) is 5.91 Å². The third-order valence-corrected chi connectivity index (χ3v) is 4.07. The van der Waals surface area contributed by atoms with Gasteiger partial charge in [-0.2, -0.15) is 0 Å². The van der Waals surface area contributed by atoms with Crippen LogP contribution in [0.2, 0.25) is 0 Å². The maximum atomic E-state index is 12.2. The highest BCUT2D eigenvalue weighted by atomic mass is 16.4. The molecule has 25 heavy (non-hydrogen) atoms. The van der Waals surface area contributed by atoms with Gasteiger partial charge in [-0.15, -0.1) is 0 Å². The molecule has 2 heterocycles. The molecule has 6 heteroatoms. The molecule has 0 atom stereocenters. The zero-order valence-electron chi connectivity index (χ0n) is 14.0. The van der Waals surface area contributed by atoms with Crippen molar-refractivity contribution in [3.8, 4) is 0 Å². The topological polar surface area (TPSA) is 77.1 Å². The zero-order chi connectivity index (χ0) is 17.5. The number of para-hydroxylation sites is 1. The molecule has 0 aliphatic heterocycles. The second kappa shape index (κ2) is 8.28. The molecule has 1 amide bonds. The highest BCUT2D eigenvalue weighted by Crippen LogP contribution is 2.12. The molecule has 6 nitrogen and oxygen atoms in total. The number of rotatable bonds is 8. The van der Waals surface area contributed by atoms with Gasteiger partial charge in [-0.3, -0.25) is 4.79 Å². The zero-order valence-corrected chi connectivity index (χ0v) is 14.0. The predicted molar refractivity (Wildman–Crippen MR) is 95.5 cm³/mol. The quantitative estimate of drug-likeness (QED) is 0.505. The van der Waals surface area contributed by atoms with Crippen LogP contribution in [0.15, 0.2) is 58.3 Å². The van der Waals surface area contributed by atoms with Gasteiger partial charge in [-0.25, -0.2) is 9.78 Å². The van der Waals surface area contributed by atoms with Crippen molar-refractivity contribution in [2.24, 2.45) is 0 Å². The Morgan fingerprint density at radius 3 is 2.84 bits per heavy atom. The van der Waals surface area contributed by atoms with Gasteiger partial charge in [0.15, 0.2) is 0 Å². The summed E-state index contributed by atoms with van der Waals surface area (Å²) in [7, 11) is 0. The highest BCUT2D eigenvalue weighted by Gasteiger charge is 2.12. The Labute approximate surface area is 145 Å². The Hall–Kier alpha value is -2.89. The second-order valence-corrected chi connectivity index (χ2v) is 5.96. The summed E-state index contributed by atoms with van der Waals surface area (Å²) in [5.74, 6) is -0.377. The molecule has 3 aromatic rings. The van der Waals surface area contributed by atoms with Crippen molar-refractivity contribution in [1.29, 1.82) is 0 Å². The van der Waals surface area contributed by atoms with Gasteiger partial charge in [0.2, 0.25) is 0 Å². The number of aromatic nitrogens is 2. The average Bonchev–Trinajstić information content (AvgIpc) is 3.13. The number of amides is 1. The van der Waals surface area contributed by atoms with Gasteiger partial charge in [0.05, 0.1) is 6.33 Å². The van der Waals surface area contributed by atoms with Crippen LogP contribution >= 0.6 is 0 Å². The Morgan fingerprint density at radius 1 is 1.16 bits per heavy atom. The Bertz CT molecular complexity index is 884. The summed E-state index contributed by atoms with van der Waals surface area (Å²) in [6.07, 6.45) is 9.63. The summed E-state index contributed by atoms with van der Waals surface area (Å²) in [5, 5.41) is 3.54. The van der Waals surface area contributed by atoms with Crippen LogP contribution in [0.25, 0.3) is 11.0 Å². The van der Waals surface area contributed by atoms with E-state index < -0.39 is 5.63 Å². The standard InChI is InChI=1S/C19H21N3O3/c23-18(16-13-15-7-3-4-8-17(15)25-19(16)24)21-9-5-1-2-6-11-22-12-10-20-14-22/h3-4,7-8,10,12-14H,1-2,5-6,9,11H2,(H,21,23). The van der Waals surface area contributed by atoms with Crippen LogP contribution in [0.5, 0.6) is 0 Å². The summed E-state index contributed by atoms with van der Waals surface area (Å²) in [6.45, 7) is 1.51. The first-order valence-corrected chi connectivity index (χ1v) is 8.51. The number of nitrogens with zero attached hydrogens (tertiary/aromatic N) is 2. The lowest BCUT2D eigenvalue weighted by Crippen LogP contribution is -2.29. The van der Waals surface area contributed by atoms with Gasteiger partial charge in [-0.05, 0) is 25.0 Å². The predicted octanol–water partition coefficient (Wildman–Crippen LogP) is 2.98. The van der Waals surface area contributed by atoms with Gasteiger partial charge in [0.1, 0.15) is 11.1 Å². The van der Waals surface area contributed by atoms with Gasteiger partial charge in [0, 0.05) is 30.9 Å². The van der Waals surface area contributed by atoms with Crippen molar-refractivity contribution in [3.05, 3.63) is 65.0 Å². The molecule has 0 saturated heterocycles. The fourth-order valence-electron chi connectivity index (χ4n) is 2.71. The van der Waals surface area contributed by atoms with Crippen LogP contribution in [-0.4, -0.2) is 22.0 Å². The second-order valence-electron chi connectivity index (χ2n) is 5.96. The first-order chi connectivity index (χ1) is 12.2. The van der Waals surface area contributed by atoms with Crippen molar-refractivity contribution in [2.45, 2.75) is 32.2 Å². The minimum atomic E-state index is -0.600. The number of carbonyl (C=O) groups excluding carboxylic acids is 1. The summed E-state index contributed by atoms with van der Waals surface area (Å²) in [4.78, 5) is 28.1. The summed E-state index contributed by atoms with van der Waals surface area (Å²) in [6, 6.07) is 8.74. The number of benzene rings is 1. The average molecular weight is 339 g/mol. The maximum Gasteiger partial charge on any atom is 0.349 e. The normalized spacial score (nSPS) is 10.9. The molecule has 0 spiro atoms. The van der Waals surface area contributed by atoms with Crippen molar-refractivity contribution >= 4 is 16.9 Å². The van der Waals surface area contributed by atoms with Crippen LogP contribution in [0.4, 0.5) is 0 Å². The minimum Gasteiger partial charge on any atom is -0.422 e. The first kappa shape index (κ1) is 17.0. The maximum absolute atomic E-state index is 12.2. The van der Waals surface area contributed by atoms with Crippen LogP contribution in [0, 0.1) is 0 Å². The van der Waals surface area contributed by atoms with Crippen molar-refractivity contribution in [1.82, 2.24) is 14.9 Å². The molecule has 0 unspecified atom stereocenters. The monoisotopic (exact) mass is 339 g/mol. The molecule has 1 N–H and O–H groups in total. The smallest absolute Gasteiger partial charge is 0.349 e. The van der Waals surface area contributed by atoms with Crippen molar-refractivity contribution in [2.75, 3.05) is 6.54 Å². The van der Waals surface area contributed by atoms with E-state index in [4.69, 9.17) is 4.42 Å². The Balaban J connectivity index is 1.42. The van der Waals surface area contributed by atoms with E-state index in [9.17, 15) is 9.59 Å². The van der Waals surface area contributed by atoms with Crippen LogP contribution in [-0.2, 0) is 6.54 Å². The molecule has 0 aliphatic carbocycles. The van der Waals surface area contributed by atoms with Crippen molar-refractivity contribution in [3.63, 3.8) is 0 Å². The largest absolute Gasteiger partial charge is 0.422 e. The van der Waals surface area contributed by atoms with Gasteiger partial charge in [-0.1, -0.05) is 31.0 Å². The number of unbranched alkanes of at least 4 members (excludes halogenated alkanes) is 3. The van der Waals surface area contributed by atoms with Gasteiger partial charge < -0.3 is 14.3 Å². The number of imidazole rings is 1. The number of hydrogen-bond donors (Lipinski definition) is 1. The lowest BCUT2D eigenvalue weighted by molar-refractivity contribution is 0.0949. The molecule has 0 radical (unpaired) electrons. The molecule has 0 fully saturated rings. The van der Waals surface area contributed by atoms with E-state index in [-0.39, 0.29) is 11.5 Å². The summed E-state index contributed by atoms with van der Waals surface area (Å²) < 4.78 is 7.24. The van der Waals surface area contributed by atoms with E-state index in [1.54, 1.807) is 24.4 Å². The number of nitrogens with one attached hydrogen (secondary N) is 1. The SMILES string of the molecule is O=C(NCCCCCCn1ccnc1)c1cc2ccccc2oc1=O. The van der Waals surface area contributed by atoms with E-state index >= 15 is 0 Å². The molecule has 0 bridgehead atoms. The first-order valence-electron chi connectivity index (χ1n) is 8.51. The molecular formula is C19H21N3O3. The van der Waals surface area contributed by atoms with E-state index in [0.29, 0.717) is 12.1 Å². The number of fused-ring (bicyclic) bond motifs is 1. The number of carbonyl (C=O) groups is 1. The van der Waals surface area contributed by atoms with E-state index in [1.807, 2.05) is 24.7 Å². The highest BCUT2D eigenvalue weighted by molar-refractivity contribution is 5.96. The summed E-state index contributed by atoms with van der Waals surface area (Å²) in [5.41, 5.74) is -0.0581. The van der Waals surface area contributed by atoms with Crippen LogP contribution in [0.1, 0.15) is 36.0 Å². The molecule has 1 aromatic carbocycles. The van der Waals surface area contributed by atoms with Crippen LogP contribution in [0.3, 0.4) is 0 Å². The molecule has 0 aliphatic rings. The van der Waals surface area contributed by atoms with E-state index in [0.717, 1.165) is 37.6 Å². The lowest BCUT2D eigenvalue weighted by Gasteiger charge is -2.06. The Kier molecular flexibility index (Phi) is 5.61. The third kappa shape index (κ3) is 4.56. The van der Waals surface area contributed by atoms with E-state index in [2.05, 4.69) is 14.9 Å². The molecule has 130 valence electrons. The molecular weight excluding hydrogens is 318 g/mol. The van der Waals surface area contributed by atoms with Crippen molar-refractivity contribution < 1.29 is 9.21 Å². The number of hydrogen-bond acceptors (Lipinski definition) is 4. The third-order valence-electron chi connectivity index (χ3n) is 4.07. The summed E-state index contributed by atoms with van der Waals surface area (Å²) >= 11 is 0. The fraction of sp³-hybridized carbons (Fsp3) is 0.316. The lowest BCUT2D eigenvalue weighted by atomic mass is 10.1. The molecule has 3 rings (SSSR count). The van der Waals surface area contributed by atoms with Crippen LogP contribution < -0.4 is 10.9 Å². The molecule has 2 aromatic heterocycles. The van der Waals surface area contributed by atoms with E-state index in [1.165, 1.54) is 0 Å². The van der Waals surface area contributed by atoms with Gasteiger partial charge >= 0.3 is 5.63 Å². The minimum absolute atomic E-state index is 0.0545. The molecule has 0 saturated carbocycles. The fourth-order valence-corrected chi connectivity index (χ4v) is 2.71. The Morgan fingerprint density at radius 2 is 2.00 bits per heavy atom.